The monoisotopic (exact) mass is 293 g/mol. The van der Waals surface area contributed by atoms with E-state index in [1.165, 1.54) is 4.31 Å². The second-order valence-electron chi connectivity index (χ2n) is 3.71. The highest BCUT2D eigenvalue weighted by Crippen LogP contribution is 2.19. The Morgan fingerprint density at radius 2 is 2.17 bits per heavy atom. The molecule has 100 valence electrons. The van der Waals surface area contributed by atoms with E-state index in [0.29, 0.717) is 6.61 Å². The Morgan fingerprint density at radius 1 is 1.50 bits per heavy atom. The number of morpholine rings is 1. The fourth-order valence-electron chi connectivity index (χ4n) is 1.67. The fraction of sp³-hybridized carbons (Fsp3) is 0.556. The first kappa shape index (κ1) is 13.6. The molecule has 0 aromatic carbocycles. The number of rotatable bonds is 3. The second-order valence-corrected chi connectivity index (χ2v) is 5.94. The van der Waals surface area contributed by atoms with Crippen molar-refractivity contribution in [3.63, 3.8) is 0 Å². The van der Waals surface area contributed by atoms with Gasteiger partial charge < -0.3 is 9.84 Å². The van der Waals surface area contributed by atoms with E-state index < -0.39 is 16.1 Å². The molecule has 1 aliphatic rings. The number of ether oxygens (including phenoxy) is 1. The summed E-state index contributed by atoms with van der Waals surface area (Å²) in [6.07, 6.45) is 2.29. The van der Waals surface area contributed by atoms with Crippen LogP contribution in [0, 0.1) is 0 Å². The Bertz CT molecular complexity index is 507. The second kappa shape index (κ2) is 5.45. The van der Waals surface area contributed by atoms with Crippen molar-refractivity contribution < 1.29 is 18.3 Å². The Morgan fingerprint density at radius 3 is 2.78 bits per heavy atom. The zero-order chi connectivity index (χ0) is 13.2. The molecule has 1 aliphatic heterocycles. The van der Waals surface area contributed by atoms with E-state index in [1.54, 1.807) is 0 Å². The van der Waals surface area contributed by atoms with Crippen LogP contribution in [-0.4, -0.2) is 60.2 Å². The first-order chi connectivity index (χ1) is 8.55. The van der Waals surface area contributed by atoms with Gasteiger partial charge in [-0.05, 0) is 11.6 Å². The first-order valence-corrected chi connectivity index (χ1v) is 7.05. The van der Waals surface area contributed by atoms with E-state index >= 15 is 0 Å². The lowest BCUT2D eigenvalue weighted by Crippen LogP contribution is -2.50. The van der Waals surface area contributed by atoms with Gasteiger partial charge in [0.1, 0.15) is 4.90 Å². The number of aromatic nitrogens is 2. The molecule has 1 fully saturated rings. The van der Waals surface area contributed by atoms with Gasteiger partial charge in [-0.1, -0.05) is 0 Å². The van der Waals surface area contributed by atoms with E-state index in [-0.39, 0.29) is 29.9 Å². The maximum atomic E-state index is 12.3. The van der Waals surface area contributed by atoms with Gasteiger partial charge >= 0.3 is 0 Å². The Labute approximate surface area is 109 Å². The highest BCUT2D eigenvalue weighted by atomic mass is 35.5. The minimum Gasteiger partial charge on any atom is -0.395 e. The third-order valence-corrected chi connectivity index (χ3v) is 4.69. The van der Waals surface area contributed by atoms with Crippen LogP contribution in [0.25, 0.3) is 0 Å². The lowest BCUT2D eigenvalue weighted by atomic mass is 10.3. The van der Waals surface area contributed by atoms with Crippen LogP contribution >= 0.6 is 11.6 Å². The Balaban J connectivity index is 2.32. The predicted molar refractivity (Wildman–Crippen MR) is 62.6 cm³/mol. The number of nitrogens with zero attached hydrogens (tertiary/aromatic N) is 3. The van der Waals surface area contributed by atoms with Crippen LogP contribution in [0.3, 0.4) is 0 Å². The van der Waals surface area contributed by atoms with Gasteiger partial charge in [-0.2, -0.15) is 4.31 Å². The molecule has 1 N–H and O–H groups in total. The molecule has 0 aliphatic carbocycles. The van der Waals surface area contributed by atoms with Crippen molar-refractivity contribution in [2.45, 2.75) is 10.9 Å². The van der Waals surface area contributed by atoms with Crippen LogP contribution in [0.1, 0.15) is 0 Å². The molecule has 7 nitrogen and oxygen atoms in total. The summed E-state index contributed by atoms with van der Waals surface area (Å²) in [6.45, 7) is 0.359. The summed E-state index contributed by atoms with van der Waals surface area (Å²) < 4.78 is 30.9. The summed E-state index contributed by atoms with van der Waals surface area (Å²) in [5, 5.41) is 9.16. The minimum absolute atomic E-state index is 0.0189. The highest BCUT2D eigenvalue weighted by Gasteiger charge is 2.34. The van der Waals surface area contributed by atoms with Gasteiger partial charge in [0.2, 0.25) is 15.3 Å². The van der Waals surface area contributed by atoms with Crippen LogP contribution < -0.4 is 0 Å². The molecule has 2 heterocycles. The Hall–Kier alpha value is -0.800. The molecule has 1 saturated heterocycles. The van der Waals surface area contributed by atoms with Gasteiger partial charge in [0.25, 0.3) is 0 Å². The van der Waals surface area contributed by atoms with Gasteiger partial charge in [-0.3, -0.25) is 0 Å². The lowest BCUT2D eigenvalue weighted by molar-refractivity contribution is 0.0109. The number of hydrogen-bond donors (Lipinski definition) is 1. The summed E-state index contributed by atoms with van der Waals surface area (Å²) in [4.78, 5) is 7.24. The molecule has 1 atom stereocenters. The molecule has 1 unspecified atom stereocenters. The highest BCUT2D eigenvalue weighted by molar-refractivity contribution is 7.89. The van der Waals surface area contributed by atoms with Gasteiger partial charge in [0, 0.05) is 6.54 Å². The third-order valence-electron chi connectivity index (χ3n) is 2.59. The maximum absolute atomic E-state index is 12.3. The number of aliphatic hydroxyl groups excluding tert-OH is 1. The van der Waals surface area contributed by atoms with Gasteiger partial charge in [0.15, 0.2) is 0 Å². The predicted octanol–water partition coefficient (Wildman–Crippen LogP) is -0.488. The lowest BCUT2D eigenvalue weighted by Gasteiger charge is -2.33. The first-order valence-electron chi connectivity index (χ1n) is 5.23. The van der Waals surface area contributed by atoms with Crippen LogP contribution in [0.4, 0.5) is 0 Å². The summed E-state index contributed by atoms with van der Waals surface area (Å²) >= 11 is 5.51. The van der Waals surface area contributed by atoms with Crippen molar-refractivity contribution in [2.75, 3.05) is 26.4 Å². The summed E-state index contributed by atoms with van der Waals surface area (Å²) in [5.41, 5.74) is 0. The summed E-state index contributed by atoms with van der Waals surface area (Å²) in [6, 6.07) is -0.584. The van der Waals surface area contributed by atoms with Crippen molar-refractivity contribution in [3.8, 4) is 0 Å². The zero-order valence-electron chi connectivity index (χ0n) is 9.36. The van der Waals surface area contributed by atoms with Crippen molar-refractivity contribution in [3.05, 3.63) is 17.7 Å². The van der Waals surface area contributed by atoms with Crippen LogP contribution in [0.15, 0.2) is 17.3 Å². The molecule has 0 radical (unpaired) electrons. The van der Waals surface area contributed by atoms with Crippen LogP contribution in [-0.2, 0) is 14.8 Å². The van der Waals surface area contributed by atoms with E-state index in [0.717, 1.165) is 12.4 Å². The van der Waals surface area contributed by atoms with Gasteiger partial charge in [-0.25, -0.2) is 18.4 Å². The molecular formula is C9H12ClN3O4S. The van der Waals surface area contributed by atoms with Crippen molar-refractivity contribution in [1.82, 2.24) is 14.3 Å². The van der Waals surface area contributed by atoms with Crippen LogP contribution in [0.5, 0.6) is 0 Å². The quantitative estimate of drug-likeness (QED) is 0.756. The number of sulfonamides is 1. The summed E-state index contributed by atoms with van der Waals surface area (Å²) in [7, 11) is -3.73. The molecule has 18 heavy (non-hydrogen) atoms. The molecule has 1 aromatic rings. The molecule has 2 rings (SSSR count). The standard InChI is InChI=1S/C9H12ClN3O4S/c10-9-11-3-8(4-12-9)18(15,16)13-1-2-17-6-7(13)5-14/h3-4,7,14H,1-2,5-6H2. The molecule has 0 saturated carbocycles. The number of aliphatic hydroxyl groups is 1. The van der Waals surface area contributed by atoms with E-state index in [4.69, 9.17) is 16.3 Å². The van der Waals surface area contributed by atoms with Crippen molar-refractivity contribution in [1.29, 1.82) is 0 Å². The maximum Gasteiger partial charge on any atom is 0.246 e. The van der Waals surface area contributed by atoms with Gasteiger partial charge in [0.05, 0.1) is 38.3 Å². The molecule has 1 aromatic heterocycles. The topological polar surface area (TPSA) is 92.6 Å². The van der Waals surface area contributed by atoms with Crippen molar-refractivity contribution in [2.24, 2.45) is 0 Å². The number of halogens is 1. The molecule has 0 spiro atoms. The van der Waals surface area contributed by atoms with Crippen LogP contribution in [0.2, 0.25) is 5.28 Å². The van der Waals surface area contributed by atoms with E-state index in [2.05, 4.69) is 9.97 Å². The molecule has 0 bridgehead atoms. The number of hydrogen-bond acceptors (Lipinski definition) is 6. The normalized spacial score (nSPS) is 22.0. The van der Waals surface area contributed by atoms with E-state index in [9.17, 15) is 13.5 Å². The zero-order valence-corrected chi connectivity index (χ0v) is 10.9. The molecule has 0 amide bonds. The average molecular weight is 294 g/mol. The summed E-state index contributed by atoms with van der Waals surface area (Å²) in [5.74, 6) is 0. The molecular weight excluding hydrogens is 282 g/mol. The fourth-order valence-corrected chi connectivity index (χ4v) is 3.24. The largest absolute Gasteiger partial charge is 0.395 e. The molecule has 9 heteroatoms. The third kappa shape index (κ3) is 2.62. The SMILES string of the molecule is O=S(=O)(c1cnc(Cl)nc1)N1CCOCC1CO. The Kier molecular flexibility index (Phi) is 4.13. The minimum atomic E-state index is -3.73. The smallest absolute Gasteiger partial charge is 0.246 e. The average Bonchev–Trinajstić information content (AvgIpc) is 2.39. The van der Waals surface area contributed by atoms with Gasteiger partial charge in [-0.15, -0.1) is 0 Å². The van der Waals surface area contributed by atoms with Crippen molar-refractivity contribution >= 4 is 21.6 Å². The van der Waals surface area contributed by atoms with E-state index in [1.807, 2.05) is 0 Å².